The Balaban J connectivity index is 5.23. The number of phosphoric acid groups is 2. The van der Waals surface area contributed by atoms with Gasteiger partial charge in [-0.2, -0.15) is 0 Å². The number of aliphatic hydroxyl groups is 1. The maximum absolute atomic E-state index is 13.0. The standard InChI is InChI=1S/C67H130O17P2/c1-57(2)43-35-27-19-14-11-9-10-12-16-23-33-41-49-66(71)83-62(53-78-65(70)48-40-32-24-18-21-29-37-45-59(5)6)55-81-85(73,74)79-51-61(68)52-80-86(75,76)82-56-63(84-67(72)50-42-34-26-25-30-38-46-60(7)8)54-77-64(69)47-39-31-22-17-13-15-20-28-36-44-58(3)4/h57-63,68H,9-56H2,1-8H3,(H,73,74)(H,75,76)/t61?,62-,63-/m1/s1. The lowest BCUT2D eigenvalue weighted by molar-refractivity contribution is -0.161. The molecular weight excluding hydrogens is 1140 g/mol. The van der Waals surface area contributed by atoms with Gasteiger partial charge in [-0.1, -0.05) is 274 Å². The smallest absolute Gasteiger partial charge is 0.462 e. The quantitative estimate of drug-likeness (QED) is 0.0222. The van der Waals surface area contributed by atoms with Gasteiger partial charge in [-0.25, -0.2) is 9.13 Å². The molecule has 0 aliphatic heterocycles. The molecule has 0 amide bonds. The largest absolute Gasteiger partial charge is 0.472 e. The van der Waals surface area contributed by atoms with Crippen molar-refractivity contribution in [3.63, 3.8) is 0 Å². The molecule has 0 aromatic rings. The lowest BCUT2D eigenvalue weighted by Crippen LogP contribution is -2.30. The van der Waals surface area contributed by atoms with Gasteiger partial charge in [0.2, 0.25) is 0 Å². The fraction of sp³-hybridized carbons (Fsp3) is 0.940. The highest BCUT2D eigenvalue weighted by atomic mass is 31.2. The molecule has 0 bridgehead atoms. The molecule has 0 saturated carbocycles. The van der Waals surface area contributed by atoms with Crippen LogP contribution >= 0.6 is 15.6 Å². The Labute approximate surface area is 524 Å². The van der Waals surface area contributed by atoms with Crippen LogP contribution in [0.15, 0.2) is 0 Å². The molecule has 0 saturated heterocycles. The number of hydrogen-bond acceptors (Lipinski definition) is 15. The van der Waals surface area contributed by atoms with Gasteiger partial charge < -0.3 is 33.8 Å². The Bertz CT molecular complexity index is 1710. The van der Waals surface area contributed by atoms with E-state index in [9.17, 15) is 43.2 Å². The highest BCUT2D eigenvalue weighted by molar-refractivity contribution is 7.47. The van der Waals surface area contributed by atoms with Crippen molar-refractivity contribution in [2.75, 3.05) is 39.6 Å². The molecule has 0 rings (SSSR count). The SMILES string of the molecule is CC(C)CCCCCCCCCCCCCCC(=O)O[C@H](COC(=O)CCCCCCCCCC(C)C)COP(=O)(O)OCC(O)COP(=O)(O)OC[C@@H](COC(=O)CCCCCCCCCCCC(C)C)OC(=O)CCCCCCCCC(C)C. The fourth-order valence-electron chi connectivity index (χ4n) is 9.96. The molecule has 5 atom stereocenters. The van der Waals surface area contributed by atoms with Gasteiger partial charge in [-0.05, 0) is 49.4 Å². The molecule has 0 aromatic carbocycles. The van der Waals surface area contributed by atoms with E-state index in [-0.39, 0.29) is 25.7 Å². The van der Waals surface area contributed by atoms with Crippen LogP contribution in [0.25, 0.3) is 0 Å². The third-order valence-corrected chi connectivity index (χ3v) is 17.2. The summed E-state index contributed by atoms with van der Waals surface area (Å²) in [5, 5.41) is 10.6. The van der Waals surface area contributed by atoms with Crippen molar-refractivity contribution in [3.05, 3.63) is 0 Å². The number of carbonyl (C=O) groups is 4. The van der Waals surface area contributed by atoms with Crippen LogP contribution in [0.4, 0.5) is 0 Å². The first kappa shape index (κ1) is 84.1. The van der Waals surface area contributed by atoms with E-state index in [0.717, 1.165) is 108 Å². The van der Waals surface area contributed by atoms with E-state index in [1.165, 1.54) is 122 Å². The van der Waals surface area contributed by atoms with Gasteiger partial charge in [0.15, 0.2) is 12.2 Å². The highest BCUT2D eigenvalue weighted by Gasteiger charge is 2.30. The molecule has 0 aliphatic carbocycles. The van der Waals surface area contributed by atoms with Crippen LogP contribution in [0.3, 0.4) is 0 Å². The van der Waals surface area contributed by atoms with E-state index in [1.54, 1.807) is 0 Å². The Morgan fingerprint density at radius 2 is 0.488 bits per heavy atom. The predicted molar refractivity (Wildman–Crippen MR) is 344 cm³/mol. The number of esters is 4. The minimum Gasteiger partial charge on any atom is -0.462 e. The van der Waals surface area contributed by atoms with Gasteiger partial charge in [0.25, 0.3) is 0 Å². The van der Waals surface area contributed by atoms with Crippen LogP contribution in [0.2, 0.25) is 0 Å². The van der Waals surface area contributed by atoms with E-state index in [2.05, 4.69) is 55.4 Å². The van der Waals surface area contributed by atoms with E-state index in [4.69, 9.17) is 37.0 Å². The first-order chi connectivity index (χ1) is 41.1. The van der Waals surface area contributed by atoms with E-state index in [1.807, 2.05) is 0 Å². The van der Waals surface area contributed by atoms with Crippen molar-refractivity contribution in [1.82, 2.24) is 0 Å². The number of phosphoric ester groups is 2. The van der Waals surface area contributed by atoms with Crippen molar-refractivity contribution in [2.45, 2.75) is 343 Å². The monoisotopic (exact) mass is 1270 g/mol. The summed E-state index contributed by atoms with van der Waals surface area (Å²) in [6.07, 6.45) is 37.8. The Kier molecular flexibility index (Phi) is 55.7. The van der Waals surface area contributed by atoms with Gasteiger partial charge in [0.1, 0.15) is 19.3 Å². The Hall–Kier alpha value is -1.94. The predicted octanol–water partition coefficient (Wildman–Crippen LogP) is 18.5. The number of aliphatic hydroxyl groups excluding tert-OH is 1. The number of ether oxygens (including phenoxy) is 4. The van der Waals surface area contributed by atoms with Gasteiger partial charge in [0, 0.05) is 25.7 Å². The summed E-state index contributed by atoms with van der Waals surface area (Å²) in [6.45, 7) is 14.0. The molecule has 86 heavy (non-hydrogen) atoms. The average molecular weight is 1270 g/mol. The maximum Gasteiger partial charge on any atom is 0.472 e. The summed E-state index contributed by atoms with van der Waals surface area (Å²) in [5.74, 6) is 0.757. The Morgan fingerprint density at radius 3 is 0.721 bits per heavy atom. The average Bonchev–Trinajstić information content (AvgIpc) is 3.64. The zero-order valence-corrected chi connectivity index (χ0v) is 57.7. The van der Waals surface area contributed by atoms with Crippen LogP contribution in [-0.2, 0) is 65.4 Å². The van der Waals surface area contributed by atoms with Crippen LogP contribution in [0.5, 0.6) is 0 Å². The van der Waals surface area contributed by atoms with Gasteiger partial charge in [0.05, 0.1) is 26.4 Å². The first-order valence-corrected chi connectivity index (χ1v) is 37.7. The third kappa shape index (κ3) is 60.9. The highest BCUT2D eigenvalue weighted by Crippen LogP contribution is 2.45. The molecule has 0 radical (unpaired) electrons. The summed E-state index contributed by atoms with van der Waals surface area (Å²) in [6, 6.07) is 0. The molecule has 510 valence electrons. The molecule has 0 aliphatic rings. The van der Waals surface area contributed by atoms with Gasteiger partial charge >= 0.3 is 39.5 Å². The molecule has 0 fully saturated rings. The van der Waals surface area contributed by atoms with E-state index < -0.39 is 97.5 Å². The minimum atomic E-state index is -4.95. The molecule has 19 heteroatoms. The fourth-order valence-corrected chi connectivity index (χ4v) is 11.5. The lowest BCUT2D eigenvalue weighted by Gasteiger charge is -2.21. The molecule has 0 spiro atoms. The Morgan fingerprint density at radius 1 is 0.291 bits per heavy atom. The maximum atomic E-state index is 13.0. The first-order valence-electron chi connectivity index (χ1n) is 34.7. The summed E-state index contributed by atoms with van der Waals surface area (Å²) < 4.78 is 68.1. The second kappa shape index (κ2) is 57.0. The normalized spacial score (nSPS) is 14.4. The van der Waals surface area contributed by atoms with E-state index >= 15 is 0 Å². The lowest BCUT2D eigenvalue weighted by atomic mass is 10.0. The molecular formula is C67H130O17P2. The van der Waals surface area contributed by atoms with E-state index in [0.29, 0.717) is 37.5 Å². The second-order valence-corrected chi connectivity index (χ2v) is 29.0. The van der Waals surface area contributed by atoms with Crippen molar-refractivity contribution in [3.8, 4) is 0 Å². The third-order valence-electron chi connectivity index (χ3n) is 15.3. The van der Waals surface area contributed by atoms with Crippen molar-refractivity contribution >= 4 is 39.5 Å². The van der Waals surface area contributed by atoms with Gasteiger partial charge in [-0.15, -0.1) is 0 Å². The summed E-state index contributed by atoms with van der Waals surface area (Å²) in [4.78, 5) is 72.3. The van der Waals surface area contributed by atoms with Crippen molar-refractivity contribution < 1.29 is 80.2 Å². The molecule has 0 heterocycles. The van der Waals surface area contributed by atoms with Crippen LogP contribution in [-0.4, -0.2) is 96.7 Å². The van der Waals surface area contributed by atoms with Crippen molar-refractivity contribution in [2.24, 2.45) is 23.7 Å². The minimum absolute atomic E-state index is 0.101. The summed E-state index contributed by atoms with van der Waals surface area (Å²) >= 11 is 0. The number of carbonyl (C=O) groups excluding carboxylic acids is 4. The van der Waals surface area contributed by atoms with Crippen LogP contribution in [0, 0.1) is 23.7 Å². The molecule has 3 unspecified atom stereocenters. The summed E-state index contributed by atoms with van der Waals surface area (Å²) in [7, 11) is -9.89. The second-order valence-electron chi connectivity index (χ2n) is 26.1. The molecule has 17 nitrogen and oxygen atoms in total. The number of rotatable bonds is 64. The number of hydrogen-bond donors (Lipinski definition) is 3. The van der Waals surface area contributed by atoms with Crippen molar-refractivity contribution in [1.29, 1.82) is 0 Å². The van der Waals surface area contributed by atoms with Crippen LogP contribution < -0.4 is 0 Å². The zero-order chi connectivity index (χ0) is 63.9. The number of unbranched alkanes of at least 4 members (excludes halogenated alkanes) is 30. The van der Waals surface area contributed by atoms with Crippen LogP contribution in [0.1, 0.15) is 325 Å². The molecule has 3 N–H and O–H groups in total. The summed E-state index contributed by atoms with van der Waals surface area (Å²) in [5.41, 5.74) is 0. The van der Waals surface area contributed by atoms with Gasteiger partial charge in [-0.3, -0.25) is 37.3 Å². The zero-order valence-electron chi connectivity index (χ0n) is 55.9. The molecule has 0 aromatic heterocycles. The topological polar surface area (TPSA) is 237 Å².